The number of allylic oxidation sites excluding steroid dienone is 18. The van der Waals surface area contributed by atoms with E-state index in [1.165, 1.54) is 89.3 Å². The van der Waals surface area contributed by atoms with Crippen LogP contribution in [0.25, 0.3) is 0 Å². The van der Waals surface area contributed by atoms with E-state index in [-0.39, 0.29) is 112 Å². The summed E-state index contributed by atoms with van der Waals surface area (Å²) < 4.78 is 51.8. The summed E-state index contributed by atoms with van der Waals surface area (Å²) in [5, 5.41) is 18.2. The number of anilines is 12. The largest absolute Gasteiger partial charge is 0.481 e. The molecule has 0 saturated carbocycles. The van der Waals surface area contributed by atoms with Crippen molar-refractivity contribution in [2.75, 3.05) is 107 Å². The quantitative estimate of drug-likeness (QED) is 0.0104. The number of rotatable bonds is 48. The molecule has 0 unspecified atom stereocenters. The zero-order valence-corrected chi connectivity index (χ0v) is 47.7. The standard InChI is InChI=1S/C57H69N21O9/c1-10-19-28-79-37-58-46-64-47(59-38-80-29-20-11-2)68-52(67-46)76(43-85-34-25-16-7)55-73-56(77(44-86-35-26-17-8)53-69-48(60-39-81-30-21-12-3)65-49(70-53)61-40-82-31-22-13-4)75-57(74-55)78(45-87-36-27-18-9)54-71-50(62-41-83-32-23-14-5)66-51(72-54)63-42-84-33-24-15-6/h10-36H,1-9,37-45H2,(H2,58,59,64,67,68)(H2,60,61,65,69,70)(H2,62,63,66,71,72). The Balaban J connectivity index is 2.20. The van der Waals surface area contributed by atoms with Gasteiger partial charge in [-0.2, -0.15) is 59.8 Å². The van der Waals surface area contributed by atoms with Crippen molar-refractivity contribution in [1.82, 2.24) is 59.8 Å². The second kappa shape index (κ2) is 42.6. The van der Waals surface area contributed by atoms with E-state index in [0.717, 1.165) is 0 Å². The Kier molecular flexibility index (Phi) is 32.9. The lowest BCUT2D eigenvalue weighted by Gasteiger charge is -2.27. The summed E-state index contributed by atoms with van der Waals surface area (Å²) in [4.78, 5) is 61.4. The molecule has 0 aliphatic carbocycles. The van der Waals surface area contributed by atoms with Crippen molar-refractivity contribution < 1.29 is 42.6 Å². The maximum Gasteiger partial charge on any atom is 0.241 e. The van der Waals surface area contributed by atoms with Crippen molar-refractivity contribution in [3.8, 4) is 0 Å². The van der Waals surface area contributed by atoms with Gasteiger partial charge in [0.25, 0.3) is 0 Å². The highest BCUT2D eigenvalue weighted by Crippen LogP contribution is 2.31. The lowest BCUT2D eigenvalue weighted by Crippen LogP contribution is -2.32. The molecule has 0 saturated heterocycles. The van der Waals surface area contributed by atoms with Crippen LogP contribution in [-0.4, -0.2) is 120 Å². The predicted octanol–water partition coefficient (Wildman–Crippen LogP) is 9.38. The first-order chi connectivity index (χ1) is 42.8. The fourth-order valence-electron chi connectivity index (χ4n) is 5.53. The first-order valence-corrected chi connectivity index (χ1v) is 25.7. The van der Waals surface area contributed by atoms with Gasteiger partial charge in [0, 0.05) is 0 Å². The second-order valence-electron chi connectivity index (χ2n) is 15.3. The number of hydrogen-bond acceptors (Lipinski definition) is 30. The minimum absolute atomic E-state index is 0.0154. The molecule has 0 amide bonds. The van der Waals surface area contributed by atoms with Gasteiger partial charge in [0.1, 0.15) is 0 Å². The zero-order chi connectivity index (χ0) is 62.2. The van der Waals surface area contributed by atoms with Gasteiger partial charge in [-0.25, -0.2) is 14.7 Å². The maximum absolute atomic E-state index is 6.09. The van der Waals surface area contributed by atoms with Crippen LogP contribution < -0.4 is 46.6 Å². The maximum atomic E-state index is 6.09. The summed E-state index contributed by atoms with van der Waals surface area (Å²) in [5.74, 6) is -0.838. The minimum Gasteiger partial charge on any atom is -0.481 e. The third-order valence-electron chi connectivity index (χ3n) is 9.21. The van der Waals surface area contributed by atoms with Crippen molar-refractivity contribution in [2.45, 2.75) is 0 Å². The Hall–Kier alpha value is -12.2. The smallest absolute Gasteiger partial charge is 0.241 e. The molecule has 4 aromatic rings. The van der Waals surface area contributed by atoms with E-state index in [0.29, 0.717) is 0 Å². The normalized spacial score (nSPS) is 11.2. The molecule has 4 heterocycles. The van der Waals surface area contributed by atoms with Crippen LogP contribution in [-0.2, 0) is 42.6 Å². The number of aromatic nitrogens is 12. The molecule has 0 atom stereocenters. The van der Waals surface area contributed by atoms with Gasteiger partial charge in [-0.1, -0.05) is 114 Å². The summed E-state index contributed by atoms with van der Waals surface area (Å²) in [6, 6.07) is 0. The molecule has 0 aliphatic rings. The summed E-state index contributed by atoms with van der Waals surface area (Å²) in [6.45, 7) is 31.6. The lowest BCUT2D eigenvalue weighted by molar-refractivity contribution is 0.251. The van der Waals surface area contributed by atoms with Crippen LogP contribution in [0.3, 0.4) is 0 Å². The van der Waals surface area contributed by atoms with E-state index in [2.05, 4.69) is 106 Å². The number of hydrogen-bond donors (Lipinski definition) is 6. The summed E-state index contributed by atoms with van der Waals surface area (Å²) in [5.41, 5.74) is 0. The Morgan fingerprint density at radius 2 is 0.391 bits per heavy atom. The van der Waals surface area contributed by atoms with Crippen LogP contribution in [0.1, 0.15) is 0 Å². The first kappa shape index (κ1) is 67.3. The van der Waals surface area contributed by atoms with Gasteiger partial charge in [0.05, 0.1) is 56.4 Å². The molecular weight excluding hydrogens is 1120 g/mol. The molecule has 6 N–H and O–H groups in total. The molecule has 0 bridgehead atoms. The van der Waals surface area contributed by atoms with Crippen molar-refractivity contribution in [3.63, 3.8) is 0 Å². The molecule has 4 rings (SSSR count). The average Bonchev–Trinajstić information content (AvgIpc) is 2.61. The van der Waals surface area contributed by atoms with E-state index < -0.39 is 20.2 Å². The molecule has 30 heteroatoms. The fraction of sp³-hybridized carbons (Fsp3) is 0.158. The molecule has 0 fully saturated rings. The molecule has 456 valence electrons. The average molecular weight is 1190 g/mol. The van der Waals surface area contributed by atoms with Crippen molar-refractivity contribution in [3.05, 3.63) is 225 Å². The van der Waals surface area contributed by atoms with E-state index >= 15 is 0 Å². The number of nitrogens with zero attached hydrogens (tertiary/aromatic N) is 15. The molecule has 0 aromatic carbocycles. The predicted molar refractivity (Wildman–Crippen MR) is 335 cm³/mol. The van der Waals surface area contributed by atoms with Gasteiger partial charge in [0.15, 0.2) is 60.6 Å². The van der Waals surface area contributed by atoms with Gasteiger partial charge >= 0.3 is 0 Å². The van der Waals surface area contributed by atoms with E-state index in [4.69, 9.17) is 87.5 Å². The Bertz CT molecular complexity index is 2650. The lowest BCUT2D eigenvalue weighted by atomic mass is 10.6. The van der Waals surface area contributed by atoms with E-state index in [1.54, 1.807) is 91.1 Å². The second-order valence-corrected chi connectivity index (χ2v) is 15.3. The third-order valence-corrected chi connectivity index (χ3v) is 9.21. The molecular formula is C57H69N21O9. The molecule has 30 nitrogen and oxygen atoms in total. The monoisotopic (exact) mass is 1190 g/mol. The van der Waals surface area contributed by atoms with E-state index in [1.807, 2.05) is 0 Å². The van der Waals surface area contributed by atoms with Crippen LogP contribution in [0.4, 0.5) is 71.4 Å². The Morgan fingerprint density at radius 1 is 0.230 bits per heavy atom. The van der Waals surface area contributed by atoms with Crippen LogP contribution in [0.5, 0.6) is 0 Å². The summed E-state index contributed by atoms with van der Waals surface area (Å²) in [7, 11) is 0. The zero-order valence-electron chi connectivity index (χ0n) is 47.7. The highest BCUT2D eigenvalue weighted by Gasteiger charge is 2.29. The van der Waals surface area contributed by atoms with E-state index in [9.17, 15) is 0 Å². The SMILES string of the molecule is C=CC=COCNc1nc(NCOC=CC=C)nc(N(COC=CC=C)c2nc(N(COC=CC=C)c3nc(NCOC=CC=C)nc(NCOC=CC=C)n3)nc(N(COC=CC=C)c3nc(NCOC=CC=C)nc(NCOC=CC=C)n3)n2)n1. The Labute approximate surface area is 504 Å². The molecule has 87 heavy (non-hydrogen) atoms. The highest BCUT2D eigenvalue weighted by atomic mass is 16.5. The fourth-order valence-corrected chi connectivity index (χ4v) is 5.53. The minimum atomic E-state index is -0.395. The Morgan fingerprint density at radius 3 is 0.563 bits per heavy atom. The molecule has 0 spiro atoms. The third kappa shape index (κ3) is 26.5. The van der Waals surface area contributed by atoms with Crippen LogP contribution >= 0.6 is 0 Å². The summed E-state index contributed by atoms with van der Waals surface area (Å²) >= 11 is 0. The van der Waals surface area contributed by atoms with Crippen LogP contribution in [0.2, 0.25) is 0 Å². The topological polar surface area (TPSA) is 320 Å². The highest BCUT2D eigenvalue weighted by molar-refractivity contribution is 5.62. The first-order valence-electron chi connectivity index (χ1n) is 25.7. The number of ether oxygens (including phenoxy) is 9. The van der Waals surface area contributed by atoms with Gasteiger partial charge in [-0.15, -0.1) is 0 Å². The van der Waals surface area contributed by atoms with Gasteiger partial charge < -0.3 is 74.5 Å². The number of nitrogens with one attached hydrogen (secondary N) is 6. The molecule has 0 radical (unpaired) electrons. The van der Waals surface area contributed by atoms with Crippen LogP contribution in [0.15, 0.2) is 225 Å². The van der Waals surface area contributed by atoms with Crippen LogP contribution in [0, 0.1) is 0 Å². The summed E-state index contributed by atoms with van der Waals surface area (Å²) in [6.07, 6.45) is 40.8. The van der Waals surface area contributed by atoms with Gasteiger partial charge in [0.2, 0.25) is 71.4 Å². The van der Waals surface area contributed by atoms with Gasteiger partial charge in [-0.05, 0) is 54.7 Å². The molecule has 4 aromatic heterocycles. The van der Waals surface area contributed by atoms with Crippen molar-refractivity contribution in [2.24, 2.45) is 0 Å². The van der Waals surface area contributed by atoms with Gasteiger partial charge in [-0.3, -0.25) is 0 Å². The van der Waals surface area contributed by atoms with Crippen molar-refractivity contribution >= 4 is 71.4 Å². The van der Waals surface area contributed by atoms with Crippen molar-refractivity contribution in [1.29, 1.82) is 0 Å². The molecule has 0 aliphatic heterocycles.